The van der Waals surface area contributed by atoms with Crippen LogP contribution in [0.15, 0.2) is 34.9 Å². The largest absolute Gasteiger partial charge is 0.391 e. The Morgan fingerprint density at radius 2 is 2.04 bits per heavy atom. The lowest BCUT2D eigenvalue weighted by molar-refractivity contribution is -0.134. The lowest BCUT2D eigenvalue weighted by Crippen LogP contribution is -2.38. The highest BCUT2D eigenvalue weighted by Crippen LogP contribution is 2.33. The number of rotatable bonds is 2. The Bertz CT molecular complexity index is 980. The third-order valence-corrected chi connectivity index (χ3v) is 4.83. The van der Waals surface area contributed by atoms with Crippen molar-refractivity contribution < 1.29 is 21.6 Å². The number of nitrogens with zero attached hydrogens (tertiary/aromatic N) is 4. The van der Waals surface area contributed by atoms with Gasteiger partial charge in [0.05, 0.1) is 18.2 Å². The Morgan fingerprint density at radius 1 is 1.29 bits per heavy atom. The van der Waals surface area contributed by atoms with E-state index in [9.17, 15) is 21.6 Å². The standard InChI is InChI=1S/C14H9F3N4O2S/c15-14(16,17)6-11-8-20-24(22,23)21(11)10-1-2-12-9(5-10)3-4-19-13(12)7-18/h1-5,8,11H,6H2/t11-/m1/s1. The van der Waals surface area contributed by atoms with Crippen molar-refractivity contribution in [3.8, 4) is 6.07 Å². The van der Waals surface area contributed by atoms with E-state index in [1.165, 1.54) is 24.4 Å². The molecule has 6 nitrogen and oxygen atoms in total. The normalized spacial score (nSPS) is 19.6. The molecule has 2 aromatic rings. The quantitative estimate of drug-likeness (QED) is 0.829. The number of hydrogen-bond acceptors (Lipinski definition) is 4. The van der Waals surface area contributed by atoms with Crippen LogP contribution in [0, 0.1) is 11.3 Å². The molecule has 0 saturated carbocycles. The van der Waals surface area contributed by atoms with Crippen LogP contribution in [-0.4, -0.2) is 31.8 Å². The van der Waals surface area contributed by atoms with Crippen LogP contribution in [0.3, 0.4) is 0 Å². The summed E-state index contributed by atoms with van der Waals surface area (Å²) in [6.45, 7) is 0. The average molecular weight is 354 g/mol. The number of fused-ring (bicyclic) bond motifs is 1. The summed E-state index contributed by atoms with van der Waals surface area (Å²) < 4.78 is 65.9. The Labute approximate surface area is 135 Å². The minimum Gasteiger partial charge on any atom is -0.245 e. The molecule has 0 spiro atoms. The van der Waals surface area contributed by atoms with Crippen LogP contribution >= 0.6 is 0 Å². The molecule has 2 heterocycles. The molecule has 1 aromatic heterocycles. The second-order valence-electron chi connectivity index (χ2n) is 5.09. The third-order valence-electron chi connectivity index (χ3n) is 3.46. The van der Waals surface area contributed by atoms with Gasteiger partial charge in [-0.3, -0.25) is 0 Å². The summed E-state index contributed by atoms with van der Waals surface area (Å²) in [7, 11) is -4.22. The Morgan fingerprint density at radius 3 is 2.71 bits per heavy atom. The van der Waals surface area contributed by atoms with E-state index in [0.717, 1.165) is 6.21 Å². The van der Waals surface area contributed by atoms with Crippen LogP contribution in [0.4, 0.5) is 18.9 Å². The van der Waals surface area contributed by atoms with Gasteiger partial charge in [-0.1, -0.05) is 0 Å². The lowest BCUT2D eigenvalue weighted by Gasteiger charge is -2.24. The molecular weight excluding hydrogens is 345 g/mol. The minimum atomic E-state index is -4.54. The van der Waals surface area contributed by atoms with Crippen molar-refractivity contribution in [1.82, 2.24) is 4.98 Å². The predicted octanol–water partition coefficient (Wildman–Crippen LogP) is 2.56. The van der Waals surface area contributed by atoms with E-state index < -0.39 is 28.8 Å². The third kappa shape index (κ3) is 2.90. The van der Waals surface area contributed by atoms with Gasteiger partial charge < -0.3 is 0 Å². The summed E-state index contributed by atoms with van der Waals surface area (Å²) in [5.74, 6) is 0. The van der Waals surface area contributed by atoms with E-state index in [-0.39, 0.29) is 11.4 Å². The van der Waals surface area contributed by atoms with Gasteiger partial charge in [0.25, 0.3) is 0 Å². The molecular formula is C14H9F3N4O2S. The molecule has 0 bridgehead atoms. The number of nitriles is 1. The number of pyridine rings is 1. The van der Waals surface area contributed by atoms with Gasteiger partial charge in [0.1, 0.15) is 11.8 Å². The lowest BCUT2D eigenvalue weighted by atomic mass is 10.1. The van der Waals surface area contributed by atoms with Crippen LogP contribution in [-0.2, 0) is 10.2 Å². The molecule has 10 heteroatoms. The summed E-state index contributed by atoms with van der Waals surface area (Å²) in [5.41, 5.74) is 0.191. The van der Waals surface area contributed by atoms with Crippen LogP contribution in [0.5, 0.6) is 0 Å². The number of hydrogen-bond donors (Lipinski definition) is 0. The summed E-state index contributed by atoms with van der Waals surface area (Å²) >= 11 is 0. The van der Waals surface area contributed by atoms with Crippen LogP contribution in [0.1, 0.15) is 12.1 Å². The number of benzene rings is 1. The molecule has 0 fully saturated rings. The highest BCUT2D eigenvalue weighted by atomic mass is 32.2. The summed E-state index contributed by atoms with van der Waals surface area (Å²) in [5, 5.41) is 9.98. The average Bonchev–Trinajstić information content (AvgIpc) is 2.78. The number of halogens is 3. The molecule has 0 saturated heterocycles. The summed E-state index contributed by atoms with van der Waals surface area (Å²) in [4.78, 5) is 3.88. The molecule has 0 unspecified atom stereocenters. The topological polar surface area (TPSA) is 86.4 Å². The molecule has 1 aliphatic rings. The van der Waals surface area contributed by atoms with Gasteiger partial charge in [-0.2, -0.15) is 31.2 Å². The Balaban J connectivity index is 2.09. The Hall–Kier alpha value is -2.67. The SMILES string of the molecule is N#Cc1nccc2cc(N3[C@H](CC(F)(F)F)C=NS3(=O)=O)ccc12. The monoisotopic (exact) mass is 354 g/mol. The van der Waals surface area contributed by atoms with E-state index in [1.54, 1.807) is 6.07 Å². The number of anilines is 1. The first kappa shape index (κ1) is 16.2. The first-order chi connectivity index (χ1) is 11.2. The van der Waals surface area contributed by atoms with Gasteiger partial charge in [0, 0.05) is 17.8 Å². The van der Waals surface area contributed by atoms with Crippen molar-refractivity contribution in [1.29, 1.82) is 5.26 Å². The highest BCUT2D eigenvalue weighted by molar-refractivity contribution is 7.92. The van der Waals surface area contributed by atoms with E-state index in [2.05, 4.69) is 9.38 Å². The maximum atomic E-state index is 12.7. The molecule has 124 valence electrons. The molecule has 1 aliphatic heterocycles. The zero-order valence-electron chi connectivity index (χ0n) is 11.9. The van der Waals surface area contributed by atoms with Crippen LogP contribution in [0.25, 0.3) is 10.8 Å². The fraction of sp³-hybridized carbons (Fsp3) is 0.214. The molecule has 1 aromatic carbocycles. The van der Waals surface area contributed by atoms with Gasteiger partial charge in [0.15, 0.2) is 0 Å². The maximum Gasteiger partial charge on any atom is 0.391 e. The molecule has 3 rings (SSSR count). The minimum absolute atomic E-state index is 0.0457. The fourth-order valence-corrected chi connectivity index (χ4v) is 3.77. The Kier molecular flexibility index (Phi) is 3.68. The molecule has 0 amide bonds. The maximum absolute atomic E-state index is 12.7. The zero-order chi connectivity index (χ0) is 17.5. The second-order valence-corrected chi connectivity index (χ2v) is 6.59. The predicted molar refractivity (Wildman–Crippen MR) is 80.8 cm³/mol. The number of aromatic nitrogens is 1. The van der Waals surface area contributed by atoms with Gasteiger partial charge in [-0.15, -0.1) is 0 Å². The van der Waals surface area contributed by atoms with Crippen molar-refractivity contribution in [2.24, 2.45) is 4.40 Å². The fourth-order valence-electron chi connectivity index (χ4n) is 2.52. The summed E-state index contributed by atoms with van der Waals surface area (Å²) in [6, 6.07) is 6.19. The van der Waals surface area contributed by atoms with Gasteiger partial charge in [-0.25, -0.2) is 9.29 Å². The molecule has 1 atom stereocenters. The van der Waals surface area contributed by atoms with Crippen molar-refractivity contribution in [3.05, 3.63) is 36.2 Å². The highest BCUT2D eigenvalue weighted by Gasteiger charge is 2.41. The van der Waals surface area contributed by atoms with Gasteiger partial charge in [-0.05, 0) is 29.7 Å². The first-order valence-corrected chi connectivity index (χ1v) is 8.06. The molecule has 0 N–H and O–H groups in total. The van der Waals surface area contributed by atoms with E-state index in [1.807, 2.05) is 6.07 Å². The van der Waals surface area contributed by atoms with Crippen molar-refractivity contribution in [3.63, 3.8) is 0 Å². The van der Waals surface area contributed by atoms with Crippen molar-refractivity contribution in [2.45, 2.75) is 18.6 Å². The second kappa shape index (κ2) is 5.45. The van der Waals surface area contributed by atoms with Gasteiger partial charge in [0.2, 0.25) is 0 Å². The van der Waals surface area contributed by atoms with Gasteiger partial charge >= 0.3 is 16.4 Å². The van der Waals surface area contributed by atoms with Crippen molar-refractivity contribution in [2.75, 3.05) is 4.31 Å². The van der Waals surface area contributed by atoms with E-state index in [0.29, 0.717) is 15.1 Å². The van der Waals surface area contributed by atoms with E-state index >= 15 is 0 Å². The van der Waals surface area contributed by atoms with Crippen LogP contribution in [0.2, 0.25) is 0 Å². The molecule has 24 heavy (non-hydrogen) atoms. The zero-order valence-corrected chi connectivity index (χ0v) is 12.7. The molecule has 0 aliphatic carbocycles. The van der Waals surface area contributed by atoms with Crippen LogP contribution < -0.4 is 4.31 Å². The first-order valence-electron chi connectivity index (χ1n) is 6.67. The smallest absolute Gasteiger partial charge is 0.245 e. The number of alkyl halides is 3. The van der Waals surface area contributed by atoms with E-state index in [4.69, 9.17) is 5.26 Å². The summed E-state index contributed by atoms with van der Waals surface area (Å²) in [6.07, 6.45) is -3.73. The molecule has 0 radical (unpaired) electrons. The van der Waals surface area contributed by atoms with Crippen molar-refractivity contribution >= 4 is 32.9 Å².